The molecule has 136 valence electrons. The molecule has 1 aromatic carbocycles. The highest BCUT2D eigenvalue weighted by molar-refractivity contribution is 6.14. The van der Waals surface area contributed by atoms with Crippen molar-refractivity contribution in [1.29, 1.82) is 0 Å². The molecule has 3 N–H and O–H groups in total. The van der Waals surface area contributed by atoms with Crippen LogP contribution in [0.2, 0.25) is 0 Å². The van der Waals surface area contributed by atoms with Crippen molar-refractivity contribution in [1.82, 2.24) is 10.9 Å². The number of nitrogens with one attached hydrogen (secondary N) is 3. The van der Waals surface area contributed by atoms with Crippen molar-refractivity contribution in [3.63, 3.8) is 0 Å². The number of esters is 1. The number of amides is 3. The highest BCUT2D eigenvalue weighted by Crippen LogP contribution is 2.36. The molecule has 0 aliphatic carbocycles. The number of rotatable bonds is 3. The lowest BCUT2D eigenvalue weighted by atomic mass is 9.96. The number of nitrogens with zero attached hydrogens (tertiary/aromatic N) is 1. The third-order valence-corrected chi connectivity index (χ3v) is 4.13. The van der Waals surface area contributed by atoms with E-state index in [1.165, 1.54) is 11.0 Å². The van der Waals surface area contributed by atoms with Crippen molar-refractivity contribution >= 4 is 35.1 Å². The number of anilines is 2. The molecule has 0 radical (unpaired) electrons. The van der Waals surface area contributed by atoms with E-state index in [2.05, 4.69) is 16.2 Å². The predicted octanol–water partition coefficient (Wildman–Crippen LogP) is 0.202. The standard InChI is InChI=1S/C17H18N4O5/c1-17(2)16(25)18-10-5-3-4-6-12(10)21(17)14(23)9-26-15(24)11-7-8-13(22)20-19-11/h3-7,19H,8-9H2,1-2H3,(H,18,25)(H,20,22). The van der Waals surface area contributed by atoms with Gasteiger partial charge in [0.25, 0.3) is 5.91 Å². The minimum Gasteiger partial charge on any atom is -0.451 e. The number of benzene rings is 1. The van der Waals surface area contributed by atoms with Gasteiger partial charge < -0.3 is 10.1 Å². The highest BCUT2D eigenvalue weighted by atomic mass is 16.5. The molecule has 0 saturated heterocycles. The zero-order valence-corrected chi connectivity index (χ0v) is 14.3. The average Bonchev–Trinajstić information content (AvgIpc) is 2.61. The lowest BCUT2D eigenvalue weighted by Gasteiger charge is -2.41. The lowest BCUT2D eigenvalue weighted by Crippen LogP contribution is -2.59. The van der Waals surface area contributed by atoms with Gasteiger partial charge in [-0.15, -0.1) is 0 Å². The van der Waals surface area contributed by atoms with Crippen LogP contribution in [-0.4, -0.2) is 35.8 Å². The highest BCUT2D eigenvalue weighted by Gasteiger charge is 2.43. The molecule has 0 unspecified atom stereocenters. The zero-order valence-electron chi connectivity index (χ0n) is 14.3. The molecule has 0 bridgehead atoms. The van der Waals surface area contributed by atoms with E-state index in [4.69, 9.17) is 4.74 Å². The summed E-state index contributed by atoms with van der Waals surface area (Å²) in [4.78, 5) is 49.4. The zero-order chi connectivity index (χ0) is 18.9. The van der Waals surface area contributed by atoms with Crippen LogP contribution in [0.15, 0.2) is 36.0 Å². The summed E-state index contributed by atoms with van der Waals surface area (Å²) in [5.74, 6) is -1.93. The third kappa shape index (κ3) is 3.10. The van der Waals surface area contributed by atoms with Crippen molar-refractivity contribution < 1.29 is 23.9 Å². The van der Waals surface area contributed by atoms with E-state index in [0.717, 1.165) is 0 Å². The smallest absolute Gasteiger partial charge is 0.356 e. The van der Waals surface area contributed by atoms with Crippen LogP contribution in [0.25, 0.3) is 0 Å². The van der Waals surface area contributed by atoms with Crippen LogP contribution in [0.4, 0.5) is 11.4 Å². The van der Waals surface area contributed by atoms with Crippen LogP contribution in [0.3, 0.4) is 0 Å². The Labute approximate surface area is 149 Å². The molecule has 0 fully saturated rings. The number of para-hydroxylation sites is 2. The first-order valence-corrected chi connectivity index (χ1v) is 7.96. The Bertz CT molecular complexity index is 830. The summed E-state index contributed by atoms with van der Waals surface area (Å²) in [5.41, 5.74) is 4.64. The Hall–Kier alpha value is -3.36. The second kappa shape index (κ2) is 6.51. The van der Waals surface area contributed by atoms with Gasteiger partial charge in [-0.25, -0.2) is 4.79 Å². The number of hydrogen-bond acceptors (Lipinski definition) is 6. The molecule has 0 aromatic heterocycles. The second-order valence-corrected chi connectivity index (χ2v) is 6.33. The van der Waals surface area contributed by atoms with Crippen molar-refractivity contribution in [3.05, 3.63) is 36.0 Å². The summed E-state index contributed by atoms with van der Waals surface area (Å²) in [6, 6.07) is 6.89. The molecule has 2 aliphatic heterocycles. The molecule has 0 saturated carbocycles. The first-order chi connectivity index (χ1) is 12.3. The van der Waals surface area contributed by atoms with Crippen LogP contribution < -0.4 is 21.1 Å². The number of carbonyl (C=O) groups excluding carboxylic acids is 4. The van der Waals surface area contributed by atoms with Gasteiger partial charge in [-0.2, -0.15) is 0 Å². The number of ether oxygens (including phenoxy) is 1. The largest absolute Gasteiger partial charge is 0.451 e. The maximum atomic E-state index is 12.7. The molecule has 2 aliphatic rings. The van der Waals surface area contributed by atoms with Gasteiger partial charge in [0.2, 0.25) is 11.8 Å². The Morgan fingerprint density at radius 1 is 1.19 bits per heavy atom. The molecular formula is C17H18N4O5. The molecule has 9 nitrogen and oxygen atoms in total. The fourth-order valence-electron chi connectivity index (χ4n) is 2.74. The molecular weight excluding hydrogens is 340 g/mol. The SMILES string of the molecule is CC1(C)C(=O)Nc2ccccc2N1C(=O)COC(=O)C1=CCC(=O)NN1. The molecule has 3 rings (SSSR count). The maximum absolute atomic E-state index is 12.7. The number of hydrazine groups is 1. The van der Waals surface area contributed by atoms with Crippen molar-refractivity contribution in [2.45, 2.75) is 25.8 Å². The monoisotopic (exact) mass is 358 g/mol. The van der Waals surface area contributed by atoms with E-state index < -0.39 is 24.0 Å². The van der Waals surface area contributed by atoms with Crippen molar-refractivity contribution in [2.24, 2.45) is 0 Å². The van der Waals surface area contributed by atoms with Gasteiger partial charge in [0.1, 0.15) is 11.2 Å². The van der Waals surface area contributed by atoms with Crippen LogP contribution in [0.5, 0.6) is 0 Å². The topological polar surface area (TPSA) is 117 Å². The van der Waals surface area contributed by atoms with Gasteiger partial charge in [0.05, 0.1) is 11.4 Å². The van der Waals surface area contributed by atoms with Gasteiger partial charge >= 0.3 is 5.97 Å². The van der Waals surface area contributed by atoms with E-state index >= 15 is 0 Å². The summed E-state index contributed by atoms with van der Waals surface area (Å²) in [6.07, 6.45) is 1.41. The molecule has 3 amide bonds. The summed E-state index contributed by atoms with van der Waals surface area (Å²) in [7, 11) is 0. The van der Waals surface area contributed by atoms with Gasteiger partial charge in [-0.3, -0.25) is 30.1 Å². The number of hydrogen-bond donors (Lipinski definition) is 3. The predicted molar refractivity (Wildman–Crippen MR) is 91.6 cm³/mol. The fourth-order valence-corrected chi connectivity index (χ4v) is 2.74. The molecule has 9 heteroatoms. The molecule has 2 heterocycles. The average molecular weight is 358 g/mol. The molecule has 1 aromatic rings. The van der Waals surface area contributed by atoms with Crippen LogP contribution in [0.1, 0.15) is 20.3 Å². The van der Waals surface area contributed by atoms with E-state index in [9.17, 15) is 19.2 Å². The normalized spacial score (nSPS) is 17.9. The summed E-state index contributed by atoms with van der Waals surface area (Å²) in [6.45, 7) is 2.67. The Kier molecular flexibility index (Phi) is 4.37. The van der Waals surface area contributed by atoms with Crippen LogP contribution in [0, 0.1) is 0 Å². The second-order valence-electron chi connectivity index (χ2n) is 6.33. The van der Waals surface area contributed by atoms with Gasteiger partial charge in [0, 0.05) is 6.42 Å². The Morgan fingerprint density at radius 3 is 2.62 bits per heavy atom. The number of fused-ring (bicyclic) bond motifs is 1. The lowest BCUT2D eigenvalue weighted by molar-refractivity contribution is -0.145. The van der Waals surface area contributed by atoms with E-state index in [0.29, 0.717) is 11.4 Å². The van der Waals surface area contributed by atoms with Crippen LogP contribution >= 0.6 is 0 Å². The fraction of sp³-hybridized carbons (Fsp3) is 0.294. The quantitative estimate of drug-likeness (QED) is 0.665. The van der Waals surface area contributed by atoms with Gasteiger partial charge in [0.15, 0.2) is 6.61 Å². The number of carbonyl (C=O) groups is 4. The van der Waals surface area contributed by atoms with Crippen LogP contribution in [-0.2, 0) is 23.9 Å². The minimum absolute atomic E-state index is 0.0398. The molecule has 0 spiro atoms. The van der Waals surface area contributed by atoms with Crippen molar-refractivity contribution in [2.75, 3.05) is 16.8 Å². The molecule has 0 atom stereocenters. The van der Waals surface area contributed by atoms with E-state index in [1.54, 1.807) is 38.1 Å². The summed E-state index contributed by atoms with van der Waals surface area (Å²) >= 11 is 0. The minimum atomic E-state index is -1.14. The summed E-state index contributed by atoms with van der Waals surface area (Å²) < 4.78 is 5.03. The maximum Gasteiger partial charge on any atom is 0.356 e. The van der Waals surface area contributed by atoms with E-state index in [-0.39, 0.29) is 23.9 Å². The first kappa shape index (κ1) is 17.5. The molecule has 26 heavy (non-hydrogen) atoms. The summed E-state index contributed by atoms with van der Waals surface area (Å²) in [5, 5.41) is 2.76. The van der Waals surface area contributed by atoms with Crippen molar-refractivity contribution in [3.8, 4) is 0 Å². The van der Waals surface area contributed by atoms with Gasteiger partial charge in [-0.1, -0.05) is 12.1 Å². The van der Waals surface area contributed by atoms with Gasteiger partial charge in [-0.05, 0) is 32.1 Å². The Morgan fingerprint density at radius 2 is 1.92 bits per heavy atom. The van der Waals surface area contributed by atoms with E-state index in [1.807, 2.05) is 0 Å². The third-order valence-electron chi connectivity index (χ3n) is 4.13. The first-order valence-electron chi connectivity index (χ1n) is 7.96. The Balaban J connectivity index is 1.75.